The number of carbonyl (C=O) groups is 1. The van der Waals surface area contributed by atoms with Crippen LogP contribution < -0.4 is 4.74 Å². The SMILES string of the molecule is CC(C)Oc1cccc(C(=O)N(CCC#N)Cc2ccccc2)c1. The first-order valence-corrected chi connectivity index (χ1v) is 8.07. The number of hydrogen-bond acceptors (Lipinski definition) is 3. The Morgan fingerprint density at radius 2 is 1.92 bits per heavy atom. The Morgan fingerprint density at radius 1 is 1.17 bits per heavy atom. The van der Waals surface area contributed by atoms with Crippen LogP contribution in [0.3, 0.4) is 0 Å². The van der Waals surface area contributed by atoms with Crippen molar-refractivity contribution in [2.45, 2.75) is 32.9 Å². The summed E-state index contributed by atoms with van der Waals surface area (Å²) >= 11 is 0. The van der Waals surface area contributed by atoms with Crippen LogP contribution in [-0.4, -0.2) is 23.5 Å². The van der Waals surface area contributed by atoms with E-state index in [1.807, 2.05) is 56.3 Å². The van der Waals surface area contributed by atoms with Gasteiger partial charge in [0.1, 0.15) is 5.75 Å². The van der Waals surface area contributed by atoms with Crippen LogP contribution >= 0.6 is 0 Å². The van der Waals surface area contributed by atoms with Crippen molar-refractivity contribution in [1.29, 1.82) is 5.26 Å². The Kier molecular flexibility index (Phi) is 6.39. The monoisotopic (exact) mass is 322 g/mol. The minimum Gasteiger partial charge on any atom is -0.491 e. The maximum atomic E-state index is 12.9. The smallest absolute Gasteiger partial charge is 0.254 e. The van der Waals surface area contributed by atoms with Crippen molar-refractivity contribution in [3.63, 3.8) is 0 Å². The predicted molar refractivity (Wildman–Crippen MR) is 93.6 cm³/mol. The highest BCUT2D eigenvalue weighted by Gasteiger charge is 2.16. The summed E-state index contributed by atoms with van der Waals surface area (Å²) in [5.41, 5.74) is 1.61. The average molecular weight is 322 g/mol. The van der Waals surface area contributed by atoms with E-state index in [2.05, 4.69) is 6.07 Å². The van der Waals surface area contributed by atoms with E-state index in [-0.39, 0.29) is 12.0 Å². The third-order valence-corrected chi connectivity index (χ3v) is 3.45. The standard InChI is InChI=1S/C20H22N2O2/c1-16(2)24-19-11-6-10-18(14-19)20(23)22(13-7-12-21)15-17-8-4-3-5-9-17/h3-6,8-11,14,16H,7,13,15H2,1-2H3. The van der Waals surface area contributed by atoms with Crippen molar-refractivity contribution in [3.8, 4) is 11.8 Å². The van der Waals surface area contributed by atoms with Gasteiger partial charge in [-0.15, -0.1) is 0 Å². The van der Waals surface area contributed by atoms with Gasteiger partial charge in [-0.1, -0.05) is 36.4 Å². The molecule has 2 aromatic carbocycles. The van der Waals surface area contributed by atoms with E-state index in [0.717, 1.165) is 5.56 Å². The highest BCUT2D eigenvalue weighted by molar-refractivity contribution is 5.94. The van der Waals surface area contributed by atoms with Crippen molar-refractivity contribution in [1.82, 2.24) is 4.90 Å². The van der Waals surface area contributed by atoms with Crippen molar-refractivity contribution < 1.29 is 9.53 Å². The number of carbonyl (C=O) groups excluding carboxylic acids is 1. The van der Waals surface area contributed by atoms with Gasteiger partial charge >= 0.3 is 0 Å². The quantitative estimate of drug-likeness (QED) is 0.773. The highest BCUT2D eigenvalue weighted by Crippen LogP contribution is 2.18. The molecule has 0 unspecified atom stereocenters. The fourth-order valence-corrected chi connectivity index (χ4v) is 2.40. The summed E-state index contributed by atoms with van der Waals surface area (Å²) in [5, 5.41) is 8.87. The van der Waals surface area contributed by atoms with Gasteiger partial charge in [0.05, 0.1) is 18.6 Å². The third-order valence-electron chi connectivity index (χ3n) is 3.45. The summed E-state index contributed by atoms with van der Waals surface area (Å²) in [6, 6.07) is 19.1. The lowest BCUT2D eigenvalue weighted by Crippen LogP contribution is -2.31. The summed E-state index contributed by atoms with van der Waals surface area (Å²) in [5.74, 6) is 0.583. The molecule has 0 bridgehead atoms. The number of hydrogen-bond donors (Lipinski definition) is 0. The molecular weight excluding hydrogens is 300 g/mol. The van der Waals surface area contributed by atoms with Crippen LogP contribution in [0, 0.1) is 11.3 Å². The van der Waals surface area contributed by atoms with Gasteiger partial charge in [-0.25, -0.2) is 0 Å². The van der Waals surface area contributed by atoms with Crippen LogP contribution in [0.4, 0.5) is 0 Å². The Balaban J connectivity index is 2.19. The molecule has 0 atom stereocenters. The molecule has 0 saturated heterocycles. The van der Waals surface area contributed by atoms with Crippen molar-refractivity contribution in [2.75, 3.05) is 6.54 Å². The van der Waals surface area contributed by atoms with Gasteiger partial charge in [0, 0.05) is 18.7 Å². The van der Waals surface area contributed by atoms with E-state index in [1.165, 1.54) is 0 Å². The van der Waals surface area contributed by atoms with Crippen LogP contribution in [0.2, 0.25) is 0 Å². The Hall–Kier alpha value is -2.80. The number of ether oxygens (including phenoxy) is 1. The minimum absolute atomic E-state index is 0.0503. The molecule has 4 nitrogen and oxygen atoms in total. The summed E-state index contributed by atoms with van der Waals surface area (Å²) in [6.07, 6.45) is 0.357. The molecule has 0 heterocycles. The average Bonchev–Trinajstić information content (AvgIpc) is 2.58. The lowest BCUT2D eigenvalue weighted by atomic mass is 10.1. The van der Waals surface area contributed by atoms with Gasteiger partial charge in [-0.3, -0.25) is 4.79 Å². The molecule has 0 aliphatic rings. The zero-order chi connectivity index (χ0) is 17.4. The zero-order valence-electron chi connectivity index (χ0n) is 14.1. The second-order valence-corrected chi connectivity index (χ2v) is 5.81. The Bertz CT molecular complexity index is 705. The predicted octanol–water partition coefficient (Wildman–Crippen LogP) is 4.03. The first-order chi connectivity index (χ1) is 11.6. The molecule has 4 heteroatoms. The van der Waals surface area contributed by atoms with E-state index >= 15 is 0 Å². The lowest BCUT2D eigenvalue weighted by Gasteiger charge is -2.22. The third kappa shape index (κ3) is 5.13. The second kappa shape index (κ2) is 8.73. The van der Waals surface area contributed by atoms with Crippen LogP contribution in [0.1, 0.15) is 36.2 Å². The topological polar surface area (TPSA) is 53.3 Å². The van der Waals surface area contributed by atoms with Crippen LogP contribution in [0.25, 0.3) is 0 Å². The minimum atomic E-state index is -0.0942. The van der Waals surface area contributed by atoms with Gasteiger partial charge in [-0.2, -0.15) is 5.26 Å². The van der Waals surface area contributed by atoms with Gasteiger partial charge in [0.15, 0.2) is 0 Å². The summed E-state index contributed by atoms with van der Waals surface area (Å²) in [6.45, 7) is 4.78. The highest BCUT2D eigenvalue weighted by atomic mass is 16.5. The lowest BCUT2D eigenvalue weighted by molar-refractivity contribution is 0.0746. The molecule has 0 aliphatic heterocycles. The molecule has 0 aromatic heterocycles. The maximum Gasteiger partial charge on any atom is 0.254 e. The summed E-state index contributed by atoms with van der Waals surface area (Å²) < 4.78 is 5.66. The van der Waals surface area contributed by atoms with E-state index in [0.29, 0.717) is 30.8 Å². The first kappa shape index (κ1) is 17.6. The molecule has 0 saturated carbocycles. The van der Waals surface area contributed by atoms with E-state index in [1.54, 1.807) is 17.0 Å². The zero-order valence-corrected chi connectivity index (χ0v) is 14.1. The fraction of sp³-hybridized carbons (Fsp3) is 0.300. The Labute approximate surface area is 143 Å². The van der Waals surface area contributed by atoms with Gasteiger partial charge < -0.3 is 9.64 Å². The van der Waals surface area contributed by atoms with Crippen LogP contribution in [0.15, 0.2) is 54.6 Å². The number of amides is 1. The molecular formula is C20H22N2O2. The largest absolute Gasteiger partial charge is 0.491 e. The number of nitriles is 1. The normalized spacial score (nSPS) is 10.2. The van der Waals surface area contributed by atoms with Crippen molar-refractivity contribution in [2.24, 2.45) is 0 Å². The van der Waals surface area contributed by atoms with Crippen molar-refractivity contribution in [3.05, 3.63) is 65.7 Å². The first-order valence-electron chi connectivity index (χ1n) is 8.07. The van der Waals surface area contributed by atoms with Gasteiger partial charge in [0.25, 0.3) is 5.91 Å². The Morgan fingerprint density at radius 3 is 2.58 bits per heavy atom. The molecule has 0 radical (unpaired) electrons. The van der Waals surface area contributed by atoms with Crippen LogP contribution in [-0.2, 0) is 6.54 Å². The number of nitrogens with zero attached hydrogens (tertiary/aromatic N) is 2. The molecule has 124 valence electrons. The molecule has 24 heavy (non-hydrogen) atoms. The summed E-state index contributed by atoms with van der Waals surface area (Å²) in [4.78, 5) is 14.6. The molecule has 2 aromatic rings. The molecule has 0 aliphatic carbocycles. The fourth-order valence-electron chi connectivity index (χ4n) is 2.40. The van der Waals surface area contributed by atoms with E-state index < -0.39 is 0 Å². The summed E-state index contributed by atoms with van der Waals surface area (Å²) in [7, 11) is 0. The molecule has 2 rings (SSSR count). The molecule has 0 spiro atoms. The molecule has 0 N–H and O–H groups in total. The molecule has 0 fully saturated rings. The van der Waals surface area contributed by atoms with Gasteiger partial charge in [-0.05, 0) is 37.6 Å². The van der Waals surface area contributed by atoms with Crippen LogP contribution in [0.5, 0.6) is 5.75 Å². The molecule has 1 amide bonds. The maximum absolute atomic E-state index is 12.9. The van der Waals surface area contributed by atoms with E-state index in [9.17, 15) is 4.79 Å². The number of benzene rings is 2. The van der Waals surface area contributed by atoms with Crippen molar-refractivity contribution >= 4 is 5.91 Å². The number of rotatable bonds is 7. The second-order valence-electron chi connectivity index (χ2n) is 5.81. The van der Waals surface area contributed by atoms with E-state index in [4.69, 9.17) is 10.00 Å². The van der Waals surface area contributed by atoms with Gasteiger partial charge in [0.2, 0.25) is 0 Å².